The van der Waals surface area contributed by atoms with Crippen LogP contribution in [0.15, 0.2) is 91.0 Å². The third kappa shape index (κ3) is 4.78. The molecule has 0 radical (unpaired) electrons. The van der Waals surface area contributed by atoms with Crippen molar-refractivity contribution >= 4 is 5.91 Å². The number of primary amides is 1. The van der Waals surface area contributed by atoms with E-state index in [1.165, 1.54) is 12.0 Å². The van der Waals surface area contributed by atoms with Crippen LogP contribution >= 0.6 is 0 Å². The molecule has 2 atom stereocenters. The molecule has 0 heterocycles. The summed E-state index contributed by atoms with van der Waals surface area (Å²) >= 11 is 0. The van der Waals surface area contributed by atoms with Crippen LogP contribution in [0.5, 0.6) is 0 Å². The first-order valence-electron chi connectivity index (χ1n) is 11.9. The highest BCUT2D eigenvalue weighted by Gasteiger charge is 2.49. The Morgan fingerprint density at radius 3 is 1.94 bits per heavy atom. The Labute approximate surface area is 192 Å². The van der Waals surface area contributed by atoms with Gasteiger partial charge in [-0.1, -0.05) is 91.0 Å². The summed E-state index contributed by atoms with van der Waals surface area (Å²) in [5.41, 5.74) is 8.83. The van der Waals surface area contributed by atoms with Crippen molar-refractivity contribution in [3.63, 3.8) is 0 Å². The molecule has 0 aromatic heterocycles. The van der Waals surface area contributed by atoms with Gasteiger partial charge in [0.15, 0.2) is 0 Å². The lowest BCUT2D eigenvalue weighted by Crippen LogP contribution is -2.48. The smallest absolute Gasteiger partial charge is 0.232 e. The van der Waals surface area contributed by atoms with E-state index in [4.69, 9.17) is 5.73 Å². The van der Waals surface area contributed by atoms with Gasteiger partial charge in [0.05, 0.1) is 0 Å². The van der Waals surface area contributed by atoms with Gasteiger partial charge in [0.25, 0.3) is 0 Å². The SMILES string of the molecule is NC(=O)C(c1ccccc1)(c1ccccc1)C1CCC(NCCCCc2ccccc2)C1. The second-order valence-corrected chi connectivity index (χ2v) is 9.01. The van der Waals surface area contributed by atoms with Crippen LogP contribution in [0.3, 0.4) is 0 Å². The van der Waals surface area contributed by atoms with E-state index in [1.54, 1.807) is 0 Å². The highest BCUT2D eigenvalue weighted by molar-refractivity contribution is 5.91. The fourth-order valence-electron chi connectivity index (χ4n) is 5.49. The first-order valence-corrected chi connectivity index (χ1v) is 11.9. The van der Waals surface area contributed by atoms with Gasteiger partial charge in [0.2, 0.25) is 5.91 Å². The lowest BCUT2D eigenvalue weighted by molar-refractivity contribution is -0.123. The summed E-state index contributed by atoms with van der Waals surface area (Å²) in [6.07, 6.45) is 6.52. The second-order valence-electron chi connectivity index (χ2n) is 9.01. The summed E-state index contributed by atoms with van der Waals surface area (Å²) in [5.74, 6) is -0.0602. The number of amides is 1. The van der Waals surface area contributed by atoms with Crippen LogP contribution in [0.4, 0.5) is 0 Å². The second kappa shape index (κ2) is 10.6. The molecule has 1 saturated carbocycles. The zero-order chi connectivity index (χ0) is 22.2. The molecule has 1 amide bonds. The highest BCUT2D eigenvalue weighted by Crippen LogP contribution is 2.46. The summed E-state index contributed by atoms with van der Waals surface area (Å²) in [6, 6.07) is 31.4. The number of rotatable bonds is 10. The molecule has 0 spiro atoms. The molecule has 3 aromatic rings. The van der Waals surface area contributed by atoms with Crippen molar-refractivity contribution in [3.8, 4) is 0 Å². The molecule has 3 nitrogen and oxygen atoms in total. The Morgan fingerprint density at radius 1 is 0.812 bits per heavy atom. The molecule has 4 rings (SSSR count). The molecule has 0 saturated heterocycles. The van der Waals surface area contributed by atoms with E-state index in [2.05, 4.69) is 59.9 Å². The maximum atomic E-state index is 13.2. The quantitative estimate of drug-likeness (QED) is 0.436. The van der Waals surface area contributed by atoms with Gasteiger partial charge in [0, 0.05) is 6.04 Å². The summed E-state index contributed by atoms with van der Waals surface area (Å²) in [6.45, 7) is 1.02. The molecule has 1 aliphatic rings. The third-order valence-corrected chi connectivity index (χ3v) is 7.06. The van der Waals surface area contributed by atoms with Gasteiger partial charge in [-0.2, -0.15) is 0 Å². The van der Waals surface area contributed by atoms with Crippen molar-refractivity contribution in [1.29, 1.82) is 0 Å². The molecule has 32 heavy (non-hydrogen) atoms. The van der Waals surface area contributed by atoms with Crippen molar-refractivity contribution in [1.82, 2.24) is 5.32 Å². The van der Waals surface area contributed by atoms with Gasteiger partial charge in [-0.05, 0) is 67.7 Å². The zero-order valence-corrected chi connectivity index (χ0v) is 18.8. The van der Waals surface area contributed by atoms with E-state index in [0.717, 1.165) is 49.8 Å². The van der Waals surface area contributed by atoms with Crippen LogP contribution in [0.2, 0.25) is 0 Å². The maximum absolute atomic E-state index is 13.2. The van der Waals surface area contributed by atoms with Crippen LogP contribution in [0.25, 0.3) is 0 Å². The third-order valence-electron chi connectivity index (χ3n) is 7.06. The molecule has 2 unspecified atom stereocenters. The van der Waals surface area contributed by atoms with E-state index in [-0.39, 0.29) is 11.8 Å². The van der Waals surface area contributed by atoms with Crippen molar-refractivity contribution in [2.75, 3.05) is 6.54 Å². The van der Waals surface area contributed by atoms with E-state index in [0.29, 0.717) is 6.04 Å². The molecular weight excluding hydrogens is 392 g/mol. The summed E-state index contributed by atoms with van der Waals surface area (Å²) in [5, 5.41) is 3.76. The molecule has 3 N–H and O–H groups in total. The normalized spacial score (nSPS) is 18.5. The predicted octanol–water partition coefficient (Wildman–Crippen LogP) is 5.24. The van der Waals surface area contributed by atoms with Crippen LogP contribution in [-0.2, 0) is 16.6 Å². The van der Waals surface area contributed by atoms with Crippen molar-refractivity contribution in [2.24, 2.45) is 11.7 Å². The van der Waals surface area contributed by atoms with Crippen molar-refractivity contribution in [3.05, 3.63) is 108 Å². The molecular formula is C29H34N2O. The first-order chi connectivity index (χ1) is 15.7. The molecule has 1 aliphatic carbocycles. The number of hydrogen-bond donors (Lipinski definition) is 2. The number of nitrogens with one attached hydrogen (secondary N) is 1. The van der Waals surface area contributed by atoms with E-state index >= 15 is 0 Å². The van der Waals surface area contributed by atoms with Gasteiger partial charge in [-0.3, -0.25) is 4.79 Å². The van der Waals surface area contributed by atoms with Gasteiger partial charge < -0.3 is 11.1 Å². The number of benzene rings is 3. The molecule has 3 aromatic carbocycles. The molecule has 1 fully saturated rings. The Kier molecular flexibility index (Phi) is 7.39. The zero-order valence-electron chi connectivity index (χ0n) is 18.8. The number of unbranched alkanes of at least 4 members (excludes halogenated alkanes) is 1. The lowest BCUT2D eigenvalue weighted by atomic mass is 9.64. The van der Waals surface area contributed by atoms with Crippen LogP contribution < -0.4 is 11.1 Å². The Balaban J connectivity index is 1.43. The fraction of sp³-hybridized carbons (Fsp3) is 0.345. The minimum absolute atomic E-state index is 0.187. The predicted molar refractivity (Wildman–Crippen MR) is 131 cm³/mol. The van der Waals surface area contributed by atoms with Crippen molar-refractivity contribution in [2.45, 2.75) is 50.0 Å². The fourth-order valence-corrected chi connectivity index (χ4v) is 5.49. The molecule has 3 heteroatoms. The average Bonchev–Trinajstić information content (AvgIpc) is 3.30. The van der Waals surface area contributed by atoms with E-state index < -0.39 is 5.41 Å². The van der Waals surface area contributed by atoms with Gasteiger partial charge in [0.1, 0.15) is 5.41 Å². The summed E-state index contributed by atoms with van der Waals surface area (Å²) < 4.78 is 0. The summed E-state index contributed by atoms with van der Waals surface area (Å²) in [4.78, 5) is 13.2. The maximum Gasteiger partial charge on any atom is 0.232 e. The summed E-state index contributed by atoms with van der Waals surface area (Å²) in [7, 11) is 0. The standard InChI is InChI=1S/C29H34N2O/c30-28(32)29(24-15-6-2-7-16-24,25-17-8-3-9-18-25)26-19-20-27(22-26)31-21-11-10-14-23-12-4-1-5-13-23/h1-9,12-13,15-18,26-27,31H,10-11,14,19-22H2,(H2,30,32). The number of carbonyl (C=O) groups is 1. The average molecular weight is 427 g/mol. The van der Waals surface area contributed by atoms with Gasteiger partial charge in [-0.15, -0.1) is 0 Å². The Bertz CT molecular complexity index is 932. The molecule has 0 bridgehead atoms. The number of carbonyl (C=O) groups excluding carboxylic acids is 1. The lowest BCUT2D eigenvalue weighted by Gasteiger charge is -2.37. The Morgan fingerprint density at radius 2 is 1.38 bits per heavy atom. The number of aryl methyl sites for hydroxylation is 1. The minimum atomic E-state index is -0.785. The van der Waals surface area contributed by atoms with E-state index in [1.807, 2.05) is 36.4 Å². The molecule has 166 valence electrons. The molecule has 0 aliphatic heterocycles. The van der Waals surface area contributed by atoms with Crippen LogP contribution in [0, 0.1) is 5.92 Å². The Hall–Kier alpha value is -2.91. The monoisotopic (exact) mass is 426 g/mol. The van der Waals surface area contributed by atoms with Crippen molar-refractivity contribution < 1.29 is 4.79 Å². The minimum Gasteiger partial charge on any atom is -0.369 e. The topological polar surface area (TPSA) is 55.1 Å². The number of nitrogens with two attached hydrogens (primary N) is 1. The first kappa shape index (κ1) is 22.3. The van der Waals surface area contributed by atoms with Crippen LogP contribution in [0.1, 0.15) is 48.8 Å². The largest absolute Gasteiger partial charge is 0.369 e. The van der Waals surface area contributed by atoms with Gasteiger partial charge in [-0.25, -0.2) is 0 Å². The highest BCUT2D eigenvalue weighted by atomic mass is 16.1. The number of hydrogen-bond acceptors (Lipinski definition) is 2. The van der Waals surface area contributed by atoms with Crippen LogP contribution in [-0.4, -0.2) is 18.5 Å². The van der Waals surface area contributed by atoms with E-state index in [9.17, 15) is 4.79 Å². The van der Waals surface area contributed by atoms with Gasteiger partial charge >= 0.3 is 0 Å².